The van der Waals surface area contributed by atoms with Crippen molar-refractivity contribution >= 4 is 5.91 Å². The van der Waals surface area contributed by atoms with Gasteiger partial charge in [-0.25, -0.2) is 0 Å². The van der Waals surface area contributed by atoms with Crippen LogP contribution in [0.4, 0.5) is 0 Å². The fourth-order valence-corrected chi connectivity index (χ4v) is 1.23. The van der Waals surface area contributed by atoms with Crippen molar-refractivity contribution in [2.24, 2.45) is 0 Å². The number of nitrogens with one attached hydrogen (secondary N) is 1. The number of rotatable bonds is 7. The Labute approximate surface area is 85.6 Å². The Hall–Kier alpha value is -0.870. The summed E-state index contributed by atoms with van der Waals surface area (Å²) in [6.45, 7) is 9.11. The minimum atomic E-state index is -0.222. The van der Waals surface area contributed by atoms with Crippen LogP contribution in [0.15, 0.2) is 12.7 Å². The average molecular weight is 200 g/mol. The number of carbonyl (C=O) groups is 1. The van der Waals surface area contributed by atoms with E-state index in [0.29, 0.717) is 19.6 Å². The molecule has 1 atom stereocenters. The molecular weight excluding hydrogens is 180 g/mol. The number of likely N-dealkylation sites (N-methyl/N-ethyl adjacent to an activating group) is 1. The predicted octanol–water partition coefficient (Wildman–Crippen LogP) is -0.00870. The highest BCUT2D eigenvalue weighted by Crippen LogP contribution is 1.98. The maximum atomic E-state index is 11.5. The molecule has 0 aromatic heterocycles. The van der Waals surface area contributed by atoms with E-state index < -0.39 is 0 Å². The van der Waals surface area contributed by atoms with Gasteiger partial charge in [0.1, 0.15) is 0 Å². The highest BCUT2D eigenvalue weighted by atomic mass is 16.3. The van der Waals surface area contributed by atoms with E-state index in [1.807, 2.05) is 18.7 Å². The van der Waals surface area contributed by atoms with Gasteiger partial charge in [0.25, 0.3) is 0 Å². The molecule has 14 heavy (non-hydrogen) atoms. The first kappa shape index (κ1) is 13.1. The lowest BCUT2D eigenvalue weighted by Gasteiger charge is -2.25. The molecule has 0 rings (SSSR count). The van der Waals surface area contributed by atoms with Crippen LogP contribution in [0.5, 0.6) is 0 Å². The van der Waals surface area contributed by atoms with Gasteiger partial charge in [0, 0.05) is 19.6 Å². The lowest BCUT2D eigenvalue weighted by atomic mass is 10.2. The first-order valence-electron chi connectivity index (χ1n) is 4.90. The molecule has 0 aliphatic rings. The van der Waals surface area contributed by atoms with Crippen LogP contribution < -0.4 is 5.32 Å². The lowest BCUT2D eigenvalue weighted by molar-refractivity contribution is -0.125. The summed E-state index contributed by atoms with van der Waals surface area (Å²) in [5.74, 6) is -0.0113. The van der Waals surface area contributed by atoms with Crippen molar-refractivity contribution in [3.05, 3.63) is 12.7 Å². The quantitative estimate of drug-likeness (QED) is 0.568. The van der Waals surface area contributed by atoms with Crippen molar-refractivity contribution in [2.45, 2.75) is 19.9 Å². The molecule has 0 aromatic rings. The zero-order valence-corrected chi connectivity index (χ0v) is 8.99. The molecule has 1 amide bonds. The molecule has 0 aromatic carbocycles. The van der Waals surface area contributed by atoms with E-state index in [1.165, 1.54) is 0 Å². The molecule has 0 saturated carbocycles. The van der Waals surface area contributed by atoms with E-state index in [9.17, 15) is 4.79 Å². The monoisotopic (exact) mass is 200 g/mol. The Morgan fingerprint density at radius 3 is 2.79 bits per heavy atom. The Morgan fingerprint density at radius 2 is 2.36 bits per heavy atom. The molecule has 2 N–H and O–H groups in total. The van der Waals surface area contributed by atoms with Gasteiger partial charge in [-0.15, -0.1) is 6.58 Å². The summed E-state index contributed by atoms with van der Waals surface area (Å²) >= 11 is 0. The molecular formula is C10H20N2O2. The van der Waals surface area contributed by atoms with Crippen molar-refractivity contribution in [3.8, 4) is 0 Å². The van der Waals surface area contributed by atoms with Crippen LogP contribution in [-0.2, 0) is 4.79 Å². The summed E-state index contributed by atoms with van der Waals surface area (Å²) in [7, 11) is 0. The summed E-state index contributed by atoms with van der Waals surface area (Å²) in [4.78, 5) is 13.3. The number of nitrogens with zero attached hydrogens (tertiary/aromatic N) is 1. The van der Waals surface area contributed by atoms with Crippen LogP contribution in [0.3, 0.4) is 0 Å². The third-order valence-corrected chi connectivity index (χ3v) is 2.03. The molecule has 1 unspecified atom stereocenters. The molecule has 0 radical (unpaired) electrons. The number of hydrogen-bond donors (Lipinski definition) is 2. The van der Waals surface area contributed by atoms with Crippen molar-refractivity contribution in [1.29, 1.82) is 0 Å². The van der Waals surface area contributed by atoms with Gasteiger partial charge >= 0.3 is 0 Å². The number of aliphatic hydroxyl groups excluding tert-OH is 1. The molecule has 0 aliphatic carbocycles. The summed E-state index contributed by atoms with van der Waals surface area (Å²) in [6.07, 6.45) is 1.73. The topological polar surface area (TPSA) is 52.6 Å². The standard InChI is InChI=1S/C10H20N2O2/c1-4-6-12(7-8-13)9(3)10(14)11-5-2/h4,9,13H,1,5-8H2,2-3H3,(H,11,14). The molecule has 4 nitrogen and oxygen atoms in total. The Morgan fingerprint density at radius 1 is 1.71 bits per heavy atom. The van der Waals surface area contributed by atoms with Gasteiger partial charge in [0.05, 0.1) is 12.6 Å². The first-order valence-corrected chi connectivity index (χ1v) is 4.90. The van der Waals surface area contributed by atoms with Crippen molar-refractivity contribution < 1.29 is 9.90 Å². The van der Waals surface area contributed by atoms with Gasteiger partial charge in [-0.1, -0.05) is 6.08 Å². The molecule has 0 saturated heterocycles. The zero-order valence-electron chi connectivity index (χ0n) is 8.99. The minimum Gasteiger partial charge on any atom is -0.395 e. The van der Waals surface area contributed by atoms with Crippen LogP contribution in [0.25, 0.3) is 0 Å². The van der Waals surface area contributed by atoms with Crippen LogP contribution in [0.2, 0.25) is 0 Å². The maximum absolute atomic E-state index is 11.5. The van der Waals surface area contributed by atoms with Crippen LogP contribution in [0, 0.1) is 0 Å². The molecule has 0 heterocycles. The zero-order chi connectivity index (χ0) is 11.0. The molecule has 0 aliphatic heterocycles. The molecule has 4 heteroatoms. The first-order chi connectivity index (χ1) is 6.67. The molecule has 0 bridgehead atoms. The van der Waals surface area contributed by atoms with Crippen LogP contribution in [0.1, 0.15) is 13.8 Å². The SMILES string of the molecule is C=CCN(CCO)C(C)C(=O)NCC. The maximum Gasteiger partial charge on any atom is 0.237 e. The minimum absolute atomic E-state index is 0.0113. The number of carbonyl (C=O) groups excluding carboxylic acids is 1. The fraction of sp³-hybridized carbons (Fsp3) is 0.700. The second-order valence-electron chi connectivity index (χ2n) is 3.08. The van der Waals surface area contributed by atoms with E-state index in [-0.39, 0.29) is 18.6 Å². The second-order valence-corrected chi connectivity index (χ2v) is 3.08. The summed E-state index contributed by atoms with van der Waals surface area (Å²) in [5, 5.41) is 11.6. The van der Waals surface area contributed by atoms with E-state index >= 15 is 0 Å². The smallest absolute Gasteiger partial charge is 0.237 e. The van der Waals surface area contributed by atoms with Gasteiger partial charge in [0.15, 0.2) is 0 Å². The van der Waals surface area contributed by atoms with E-state index in [0.717, 1.165) is 0 Å². The summed E-state index contributed by atoms with van der Waals surface area (Å²) in [5.41, 5.74) is 0. The van der Waals surface area contributed by atoms with Crippen LogP contribution >= 0.6 is 0 Å². The van der Waals surface area contributed by atoms with Crippen molar-refractivity contribution in [1.82, 2.24) is 10.2 Å². The van der Waals surface area contributed by atoms with Gasteiger partial charge in [0.2, 0.25) is 5.91 Å². The number of amides is 1. The van der Waals surface area contributed by atoms with Crippen molar-refractivity contribution in [3.63, 3.8) is 0 Å². The largest absolute Gasteiger partial charge is 0.395 e. The number of aliphatic hydroxyl groups is 1. The van der Waals surface area contributed by atoms with Gasteiger partial charge in [-0.3, -0.25) is 9.69 Å². The van der Waals surface area contributed by atoms with E-state index in [1.54, 1.807) is 6.08 Å². The Balaban J connectivity index is 4.17. The van der Waals surface area contributed by atoms with Crippen molar-refractivity contribution in [2.75, 3.05) is 26.2 Å². The third kappa shape index (κ3) is 4.39. The molecule has 0 fully saturated rings. The molecule has 82 valence electrons. The molecule has 0 spiro atoms. The number of hydrogen-bond acceptors (Lipinski definition) is 3. The fourth-order valence-electron chi connectivity index (χ4n) is 1.23. The predicted molar refractivity (Wildman–Crippen MR) is 57.0 cm³/mol. The van der Waals surface area contributed by atoms with Gasteiger partial charge < -0.3 is 10.4 Å². The van der Waals surface area contributed by atoms with Crippen LogP contribution in [-0.4, -0.2) is 48.2 Å². The lowest BCUT2D eigenvalue weighted by Crippen LogP contribution is -2.46. The van der Waals surface area contributed by atoms with Gasteiger partial charge in [-0.2, -0.15) is 0 Å². The second kappa shape index (κ2) is 7.53. The third-order valence-electron chi connectivity index (χ3n) is 2.03. The summed E-state index contributed by atoms with van der Waals surface area (Å²) in [6, 6.07) is -0.222. The van der Waals surface area contributed by atoms with E-state index in [2.05, 4.69) is 11.9 Å². The Kier molecular flexibility index (Phi) is 7.06. The normalized spacial score (nSPS) is 12.6. The highest BCUT2D eigenvalue weighted by molar-refractivity contribution is 5.81. The highest BCUT2D eigenvalue weighted by Gasteiger charge is 2.18. The summed E-state index contributed by atoms with van der Waals surface area (Å²) < 4.78 is 0. The van der Waals surface area contributed by atoms with Gasteiger partial charge in [-0.05, 0) is 13.8 Å². The average Bonchev–Trinajstić information content (AvgIpc) is 2.17. The Bertz CT molecular complexity index is 183. The van der Waals surface area contributed by atoms with E-state index in [4.69, 9.17) is 5.11 Å².